The molecule has 0 unspecified atom stereocenters. The molecule has 7 nitrogen and oxygen atoms in total. The Balaban J connectivity index is 1.42. The molecule has 1 aromatic heterocycles. The van der Waals surface area contributed by atoms with Gasteiger partial charge in [0.25, 0.3) is 0 Å². The molecular formula is C30H23Cl2FN4O3. The fraction of sp³-hybridized carbons (Fsp3) is 0.300. The summed E-state index contributed by atoms with van der Waals surface area (Å²) >= 11 is 12.7. The van der Waals surface area contributed by atoms with Gasteiger partial charge in [0.1, 0.15) is 17.2 Å². The SMILES string of the molecule is O=C(O)c1ccc2c(c1)nc1n2C[C@H]2[C@@H]1[C@H](c1cccc(Cl)c1F)[C@]1(C(=O)Nc3cc(Cl)ccc31)N2CC1CC1. The van der Waals surface area contributed by atoms with Crippen molar-refractivity contribution in [3.8, 4) is 0 Å². The molecule has 3 aromatic carbocycles. The molecule has 1 saturated carbocycles. The molecule has 1 aliphatic carbocycles. The van der Waals surface area contributed by atoms with E-state index in [1.165, 1.54) is 6.07 Å². The lowest BCUT2D eigenvalue weighted by Gasteiger charge is -2.40. The standard InChI is InChI=1S/C30H23Cl2FN4O3/c31-16-7-8-18-20(11-16)35-29(40)30(18)25(17-2-1-3-19(32)26(17)33)24-23(37(30)12-14-4-5-14)13-36-22-9-6-15(28(38)39)10-21(22)34-27(24)36/h1-3,6-11,14,23-25H,4-5,12-13H2,(H,35,40)(H,38,39)/t23-,24+,25-,30+/m0/s1. The second-order valence-electron chi connectivity index (χ2n) is 11.3. The van der Waals surface area contributed by atoms with E-state index < -0.39 is 23.2 Å². The second-order valence-corrected chi connectivity index (χ2v) is 12.2. The maximum atomic E-state index is 16.0. The molecule has 202 valence electrons. The van der Waals surface area contributed by atoms with Gasteiger partial charge in [-0.15, -0.1) is 0 Å². The number of imidazole rings is 1. The summed E-state index contributed by atoms with van der Waals surface area (Å²) < 4.78 is 18.1. The molecule has 1 amide bonds. The maximum absolute atomic E-state index is 16.0. The topological polar surface area (TPSA) is 87.5 Å². The highest BCUT2D eigenvalue weighted by Crippen LogP contribution is 2.65. The van der Waals surface area contributed by atoms with Gasteiger partial charge in [-0.3, -0.25) is 9.69 Å². The lowest BCUT2D eigenvalue weighted by molar-refractivity contribution is -0.128. The molecule has 1 saturated heterocycles. The van der Waals surface area contributed by atoms with Crippen molar-refractivity contribution in [1.29, 1.82) is 0 Å². The van der Waals surface area contributed by atoms with Crippen LogP contribution in [0.15, 0.2) is 54.6 Å². The quantitative estimate of drug-likeness (QED) is 0.311. The lowest BCUT2D eigenvalue weighted by atomic mass is 9.71. The average Bonchev–Trinajstić information content (AvgIpc) is 3.37. The van der Waals surface area contributed by atoms with Crippen LogP contribution in [0, 0.1) is 11.7 Å². The molecule has 40 heavy (non-hydrogen) atoms. The highest BCUT2D eigenvalue weighted by atomic mass is 35.5. The van der Waals surface area contributed by atoms with Crippen molar-refractivity contribution in [2.24, 2.45) is 5.92 Å². The zero-order chi connectivity index (χ0) is 27.5. The summed E-state index contributed by atoms with van der Waals surface area (Å²) in [6.07, 6.45) is 2.17. The molecule has 0 bridgehead atoms. The first-order valence-electron chi connectivity index (χ1n) is 13.3. The van der Waals surface area contributed by atoms with E-state index >= 15 is 4.39 Å². The summed E-state index contributed by atoms with van der Waals surface area (Å²) in [5.41, 5.74) is 2.11. The summed E-state index contributed by atoms with van der Waals surface area (Å²) in [5, 5.41) is 13.1. The van der Waals surface area contributed by atoms with E-state index in [4.69, 9.17) is 28.2 Å². The lowest BCUT2D eigenvalue weighted by Crippen LogP contribution is -2.53. The molecule has 2 N–H and O–H groups in total. The Bertz CT molecular complexity index is 1790. The molecule has 4 atom stereocenters. The van der Waals surface area contributed by atoms with E-state index in [1.807, 2.05) is 6.07 Å². The fourth-order valence-corrected chi connectivity index (χ4v) is 7.84. The van der Waals surface area contributed by atoms with Gasteiger partial charge in [-0.2, -0.15) is 0 Å². The zero-order valence-electron chi connectivity index (χ0n) is 21.1. The number of aromatic nitrogens is 2. The van der Waals surface area contributed by atoms with Crippen molar-refractivity contribution in [1.82, 2.24) is 14.5 Å². The molecule has 4 aromatic rings. The van der Waals surface area contributed by atoms with Gasteiger partial charge >= 0.3 is 5.97 Å². The number of nitrogens with zero attached hydrogens (tertiary/aromatic N) is 3. The Labute approximate surface area is 238 Å². The third kappa shape index (κ3) is 3.12. The summed E-state index contributed by atoms with van der Waals surface area (Å²) in [7, 11) is 0. The van der Waals surface area contributed by atoms with Gasteiger partial charge in [0.15, 0.2) is 0 Å². The van der Waals surface area contributed by atoms with Crippen LogP contribution in [0.25, 0.3) is 11.0 Å². The van der Waals surface area contributed by atoms with Crippen LogP contribution < -0.4 is 5.32 Å². The Hall–Kier alpha value is -3.46. The van der Waals surface area contributed by atoms with Crippen LogP contribution in [0.1, 0.15) is 52.0 Å². The van der Waals surface area contributed by atoms with E-state index in [9.17, 15) is 14.7 Å². The van der Waals surface area contributed by atoms with Crippen LogP contribution >= 0.6 is 23.2 Å². The Morgan fingerprint density at radius 1 is 1.15 bits per heavy atom. The number of carboxylic acid groups (broad SMARTS) is 1. The monoisotopic (exact) mass is 576 g/mol. The predicted molar refractivity (Wildman–Crippen MR) is 149 cm³/mol. The van der Waals surface area contributed by atoms with Crippen molar-refractivity contribution < 1.29 is 19.1 Å². The summed E-state index contributed by atoms with van der Waals surface area (Å²) in [6.45, 7) is 1.24. The molecule has 4 heterocycles. The number of fused-ring (bicyclic) bond motifs is 7. The third-order valence-corrected chi connectivity index (χ3v) is 9.75. The Kier molecular flexibility index (Phi) is 5.04. The maximum Gasteiger partial charge on any atom is 0.335 e. The molecule has 1 spiro atoms. The number of amides is 1. The second kappa shape index (κ2) is 8.28. The van der Waals surface area contributed by atoms with Crippen LogP contribution in [0.3, 0.4) is 0 Å². The van der Waals surface area contributed by atoms with E-state index in [0.717, 1.165) is 29.7 Å². The van der Waals surface area contributed by atoms with Gasteiger partial charge in [0.05, 0.1) is 21.6 Å². The van der Waals surface area contributed by atoms with Crippen molar-refractivity contribution in [2.75, 3.05) is 11.9 Å². The predicted octanol–water partition coefficient (Wildman–Crippen LogP) is 6.00. The normalized spacial score (nSPS) is 26.8. The van der Waals surface area contributed by atoms with Crippen molar-refractivity contribution in [2.45, 2.75) is 42.8 Å². The van der Waals surface area contributed by atoms with Crippen molar-refractivity contribution in [3.05, 3.63) is 93.0 Å². The van der Waals surface area contributed by atoms with E-state index in [-0.39, 0.29) is 28.5 Å². The van der Waals surface area contributed by atoms with Crippen LogP contribution in [-0.2, 0) is 16.9 Å². The number of carbonyl (C=O) groups excluding carboxylic acids is 1. The molecule has 0 radical (unpaired) electrons. The summed E-state index contributed by atoms with van der Waals surface area (Å²) in [6, 6.07) is 15.2. The van der Waals surface area contributed by atoms with Crippen molar-refractivity contribution >= 4 is 51.8 Å². The van der Waals surface area contributed by atoms with E-state index in [1.54, 1.807) is 42.5 Å². The molecule has 8 rings (SSSR count). The number of carbonyl (C=O) groups is 2. The average molecular weight is 577 g/mol. The van der Waals surface area contributed by atoms with Crippen LogP contribution in [0.2, 0.25) is 10.0 Å². The summed E-state index contributed by atoms with van der Waals surface area (Å²) in [5.74, 6) is -1.60. The number of rotatable bonds is 4. The van der Waals surface area contributed by atoms with Crippen molar-refractivity contribution in [3.63, 3.8) is 0 Å². The minimum atomic E-state index is -1.20. The van der Waals surface area contributed by atoms with Gasteiger partial charge in [0.2, 0.25) is 5.91 Å². The van der Waals surface area contributed by atoms with Crippen LogP contribution in [0.5, 0.6) is 0 Å². The molecular weight excluding hydrogens is 554 g/mol. The third-order valence-electron chi connectivity index (χ3n) is 9.22. The van der Waals surface area contributed by atoms with Gasteiger partial charge in [-0.05, 0) is 60.7 Å². The Morgan fingerprint density at radius 3 is 2.75 bits per heavy atom. The largest absolute Gasteiger partial charge is 0.478 e. The number of anilines is 1. The van der Waals surface area contributed by atoms with Gasteiger partial charge in [0, 0.05) is 47.2 Å². The zero-order valence-corrected chi connectivity index (χ0v) is 22.6. The first-order valence-corrected chi connectivity index (χ1v) is 14.1. The number of benzene rings is 3. The minimum Gasteiger partial charge on any atom is -0.478 e. The number of hydrogen-bond acceptors (Lipinski definition) is 4. The number of nitrogens with one attached hydrogen (secondary N) is 1. The molecule has 3 aliphatic heterocycles. The first kappa shape index (κ1) is 24.3. The summed E-state index contributed by atoms with van der Waals surface area (Å²) in [4.78, 5) is 33.3. The van der Waals surface area contributed by atoms with Gasteiger partial charge in [-0.25, -0.2) is 14.2 Å². The van der Waals surface area contributed by atoms with Crippen LogP contribution in [0.4, 0.5) is 10.1 Å². The highest BCUT2D eigenvalue weighted by Gasteiger charge is 2.69. The number of carboxylic acids is 1. The number of halogens is 3. The van der Waals surface area contributed by atoms with E-state index in [0.29, 0.717) is 40.8 Å². The minimum absolute atomic E-state index is 0.00261. The van der Waals surface area contributed by atoms with E-state index in [2.05, 4.69) is 14.8 Å². The number of likely N-dealkylation sites (tertiary alicyclic amines) is 1. The molecule has 10 heteroatoms. The number of aromatic carboxylic acids is 1. The fourth-order valence-electron chi connectivity index (χ4n) is 7.49. The Morgan fingerprint density at radius 2 is 1.98 bits per heavy atom. The number of hydrogen-bond donors (Lipinski definition) is 2. The smallest absolute Gasteiger partial charge is 0.335 e. The molecule has 2 fully saturated rings. The van der Waals surface area contributed by atoms with Gasteiger partial charge < -0.3 is 15.0 Å². The van der Waals surface area contributed by atoms with Crippen LogP contribution in [-0.4, -0.2) is 44.0 Å². The van der Waals surface area contributed by atoms with Gasteiger partial charge in [-0.1, -0.05) is 41.4 Å². The first-order chi connectivity index (χ1) is 19.3. The highest BCUT2D eigenvalue weighted by molar-refractivity contribution is 6.31. The molecule has 4 aliphatic rings.